The first-order valence-electron chi connectivity index (χ1n) is 16.7. The Morgan fingerprint density at radius 1 is 0.347 bits per heavy atom. The Balaban J connectivity index is 1.19. The molecule has 226 valence electrons. The Hall–Kier alpha value is -6.72. The van der Waals surface area contributed by atoms with Crippen LogP contribution in [0.1, 0.15) is 0 Å². The number of para-hydroxylation sites is 6. The molecule has 0 saturated heterocycles. The van der Waals surface area contributed by atoms with E-state index in [4.69, 9.17) is 9.97 Å². The lowest BCUT2D eigenvalue weighted by atomic mass is 10.1. The smallest absolute Gasteiger partial charge is 0.165 e. The van der Waals surface area contributed by atoms with Crippen LogP contribution in [0.3, 0.4) is 0 Å². The van der Waals surface area contributed by atoms with Crippen LogP contribution in [0.2, 0.25) is 0 Å². The highest BCUT2D eigenvalue weighted by Gasteiger charge is 2.22. The highest BCUT2D eigenvalue weighted by atomic mass is 15.0. The van der Waals surface area contributed by atoms with Crippen molar-refractivity contribution in [2.75, 3.05) is 0 Å². The lowest BCUT2D eigenvalue weighted by molar-refractivity contribution is 1.17. The number of fused-ring (bicyclic) bond motifs is 13. The van der Waals surface area contributed by atoms with E-state index in [1.165, 1.54) is 59.9 Å². The summed E-state index contributed by atoms with van der Waals surface area (Å²) < 4.78 is 7.15. The Labute approximate surface area is 278 Å². The summed E-state index contributed by atoms with van der Waals surface area (Å²) >= 11 is 0. The molecule has 5 aromatic heterocycles. The second-order valence-electron chi connectivity index (χ2n) is 13.1. The van der Waals surface area contributed by atoms with Gasteiger partial charge in [0.25, 0.3) is 0 Å². The molecule has 0 atom stereocenters. The van der Waals surface area contributed by atoms with Crippen LogP contribution in [-0.4, -0.2) is 23.5 Å². The Kier molecular flexibility index (Phi) is 4.66. The van der Waals surface area contributed by atoms with Gasteiger partial charge in [-0.3, -0.25) is 4.40 Å². The summed E-state index contributed by atoms with van der Waals surface area (Å²) in [5, 5.41) is 8.58. The lowest BCUT2D eigenvalue weighted by Gasteiger charge is -2.10. The summed E-state index contributed by atoms with van der Waals surface area (Å²) in [5.74, 6) is 0. The third-order valence-electron chi connectivity index (χ3n) is 10.5. The Morgan fingerprint density at radius 2 is 0.939 bits per heavy atom. The van der Waals surface area contributed by atoms with E-state index in [0.29, 0.717) is 0 Å². The van der Waals surface area contributed by atoms with Gasteiger partial charge >= 0.3 is 0 Å². The zero-order chi connectivity index (χ0) is 31.8. The highest BCUT2D eigenvalue weighted by molar-refractivity contribution is 6.23. The van der Waals surface area contributed by atoms with Gasteiger partial charge < -0.3 is 9.13 Å². The maximum Gasteiger partial charge on any atom is 0.165 e. The standard InChI is InChI=1S/C44H25N5/c1-2-11-26(12-3-1)47-37-19-8-4-13-28(37)33-24-34-29-14-5-9-20-38(29)48(41(34)25-40(33)47)27-21-22-39-32(23-27)30-15-10-16-31-42-44(49(39)43(30)31)46-36-18-7-6-17-35(36)45-42/h1-25H. The molecule has 5 nitrogen and oxygen atoms in total. The SMILES string of the molecule is c1ccc(-n2c3ccccc3c3cc4c5ccccc5n(-c5ccc6c(c5)c5cccc7c8nc9ccccc9nc8n6c57)c4cc32)cc1. The molecular formula is C44H25N5. The fourth-order valence-corrected chi connectivity index (χ4v) is 8.50. The quantitative estimate of drug-likeness (QED) is 0.192. The predicted octanol–water partition coefficient (Wildman–Crippen LogP) is 11.0. The van der Waals surface area contributed by atoms with E-state index in [1.54, 1.807) is 0 Å². The minimum absolute atomic E-state index is 0.903. The number of hydrogen-bond acceptors (Lipinski definition) is 2. The van der Waals surface area contributed by atoms with Gasteiger partial charge in [0.1, 0.15) is 5.52 Å². The monoisotopic (exact) mass is 623 g/mol. The van der Waals surface area contributed by atoms with Crippen molar-refractivity contribution in [3.63, 3.8) is 0 Å². The van der Waals surface area contributed by atoms with E-state index in [2.05, 4.69) is 141 Å². The van der Waals surface area contributed by atoms with E-state index in [-0.39, 0.29) is 0 Å². The molecule has 5 heterocycles. The molecule has 7 aromatic carbocycles. The van der Waals surface area contributed by atoms with E-state index in [1.807, 2.05) is 24.3 Å². The third kappa shape index (κ3) is 3.19. The number of aromatic nitrogens is 5. The fraction of sp³-hybridized carbons (Fsp3) is 0. The van der Waals surface area contributed by atoms with Gasteiger partial charge in [-0.05, 0) is 66.7 Å². The third-order valence-corrected chi connectivity index (χ3v) is 10.5. The summed E-state index contributed by atoms with van der Waals surface area (Å²) in [4.78, 5) is 10.2. The van der Waals surface area contributed by atoms with Crippen molar-refractivity contribution in [2.45, 2.75) is 0 Å². The van der Waals surface area contributed by atoms with Gasteiger partial charge in [-0.1, -0.05) is 84.9 Å². The number of hydrogen-bond donors (Lipinski definition) is 0. The predicted molar refractivity (Wildman–Crippen MR) is 203 cm³/mol. The average Bonchev–Trinajstić information content (AvgIpc) is 3.87. The molecule has 5 heteroatoms. The molecule has 0 saturated carbocycles. The summed E-state index contributed by atoms with van der Waals surface area (Å²) in [7, 11) is 0. The topological polar surface area (TPSA) is 40.0 Å². The van der Waals surface area contributed by atoms with Crippen LogP contribution in [-0.2, 0) is 0 Å². The van der Waals surface area contributed by atoms with Crippen molar-refractivity contribution >= 4 is 93.0 Å². The maximum absolute atomic E-state index is 5.15. The molecule has 0 unspecified atom stereocenters. The summed E-state index contributed by atoms with van der Waals surface area (Å²) in [6, 6.07) is 54.6. The largest absolute Gasteiger partial charge is 0.309 e. The second-order valence-corrected chi connectivity index (χ2v) is 13.1. The molecule has 0 aliphatic rings. The van der Waals surface area contributed by atoms with E-state index >= 15 is 0 Å². The minimum atomic E-state index is 0.903. The van der Waals surface area contributed by atoms with Gasteiger partial charge in [0.15, 0.2) is 5.65 Å². The Morgan fingerprint density at radius 3 is 1.69 bits per heavy atom. The number of nitrogens with zero attached hydrogens (tertiary/aromatic N) is 5. The first kappa shape index (κ1) is 25.4. The van der Waals surface area contributed by atoms with Gasteiger partial charge in [-0.25, -0.2) is 9.97 Å². The van der Waals surface area contributed by atoms with Crippen molar-refractivity contribution < 1.29 is 0 Å². The highest BCUT2D eigenvalue weighted by Crippen LogP contribution is 2.42. The maximum atomic E-state index is 5.15. The summed E-state index contributed by atoms with van der Waals surface area (Å²) in [6.07, 6.45) is 0. The van der Waals surface area contributed by atoms with Gasteiger partial charge in [-0.15, -0.1) is 0 Å². The van der Waals surface area contributed by atoms with Crippen LogP contribution in [0, 0.1) is 0 Å². The fourth-order valence-electron chi connectivity index (χ4n) is 8.50. The molecule has 0 bridgehead atoms. The molecule has 12 rings (SSSR count). The molecule has 0 N–H and O–H groups in total. The van der Waals surface area contributed by atoms with Gasteiger partial charge in [0.2, 0.25) is 0 Å². The molecule has 0 amide bonds. The molecule has 0 aliphatic carbocycles. The summed E-state index contributed by atoms with van der Waals surface area (Å²) in [5.41, 5.74) is 13.1. The van der Waals surface area contributed by atoms with Crippen molar-refractivity contribution in [3.05, 3.63) is 152 Å². The normalized spacial score (nSPS) is 12.5. The minimum Gasteiger partial charge on any atom is -0.309 e. The average molecular weight is 624 g/mol. The van der Waals surface area contributed by atoms with Crippen LogP contribution in [0.5, 0.6) is 0 Å². The zero-order valence-electron chi connectivity index (χ0n) is 26.2. The molecule has 49 heavy (non-hydrogen) atoms. The molecule has 0 aliphatic heterocycles. The molecule has 0 fully saturated rings. The van der Waals surface area contributed by atoms with Crippen molar-refractivity contribution in [3.8, 4) is 11.4 Å². The molecular weight excluding hydrogens is 599 g/mol. The van der Waals surface area contributed by atoms with Crippen molar-refractivity contribution in [1.29, 1.82) is 0 Å². The number of rotatable bonds is 2. The first-order valence-corrected chi connectivity index (χ1v) is 16.7. The van der Waals surface area contributed by atoms with Crippen LogP contribution in [0.4, 0.5) is 0 Å². The lowest BCUT2D eigenvalue weighted by Crippen LogP contribution is -1.96. The number of benzene rings is 7. The first-order chi connectivity index (χ1) is 24.3. The van der Waals surface area contributed by atoms with Crippen molar-refractivity contribution in [1.82, 2.24) is 23.5 Å². The van der Waals surface area contributed by atoms with Crippen LogP contribution in [0.25, 0.3) is 104 Å². The molecule has 0 spiro atoms. The van der Waals surface area contributed by atoms with E-state index < -0.39 is 0 Å². The Bertz CT molecular complexity index is 3330. The molecule has 0 radical (unpaired) electrons. The molecule has 12 aromatic rings. The zero-order valence-corrected chi connectivity index (χ0v) is 26.2. The van der Waals surface area contributed by atoms with Gasteiger partial charge in [-0.2, -0.15) is 0 Å². The van der Waals surface area contributed by atoms with Gasteiger partial charge in [0.05, 0.1) is 44.1 Å². The second kappa shape index (κ2) is 9.00. The van der Waals surface area contributed by atoms with Crippen LogP contribution < -0.4 is 0 Å². The summed E-state index contributed by atoms with van der Waals surface area (Å²) in [6.45, 7) is 0. The van der Waals surface area contributed by atoms with Crippen LogP contribution in [0.15, 0.2) is 152 Å². The van der Waals surface area contributed by atoms with E-state index in [9.17, 15) is 0 Å². The van der Waals surface area contributed by atoms with Crippen LogP contribution >= 0.6 is 0 Å². The van der Waals surface area contributed by atoms with Gasteiger partial charge in [0, 0.05) is 49.1 Å². The van der Waals surface area contributed by atoms with E-state index in [0.717, 1.165) is 44.5 Å². The van der Waals surface area contributed by atoms with Crippen molar-refractivity contribution in [2.24, 2.45) is 0 Å².